The van der Waals surface area contributed by atoms with E-state index in [1.807, 2.05) is 128 Å². The van der Waals surface area contributed by atoms with E-state index in [1.165, 1.54) is 123 Å². The van der Waals surface area contributed by atoms with E-state index in [0.29, 0.717) is 0 Å². The minimum Gasteiger partial charge on any atom is 0 e. The van der Waals surface area contributed by atoms with Gasteiger partial charge in [0.15, 0.2) is 0 Å². The largest absolute Gasteiger partial charge is 0 e. The van der Waals surface area contributed by atoms with Crippen molar-refractivity contribution in [2.75, 3.05) is 28.2 Å². The van der Waals surface area contributed by atoms with Crippen molar-refractivity contribution >= 4 is 76.4 Å². The van der Waals surface area contributed by atoms with Crippen LogP contribution in [0, 0.1) is 129 Å². The van der Waals surface area contributed by atoms with Crippen LogP contribution in [0.25, 0.3) is 22.8 Å². The van der Waals surface area contributed by atoms with E-state index in [2.05, 4.69) is 277 Å². The Morgan fingerprint density at radius 2 is 0.500 bits per heavy atom. The average molecular weight is 2320 g/mol. The number of nitrogens with one attached hydrogen (secondary N) is 4. The summed E-state index contributed by atoms with van der Waals surface area (Å²) in [6.07, 6.45) is 61.3. The Balaban J connectivity index is 0.000000248. The molecular weight excluding hydrogens is 2160 g/mol. The molecule has 18 rings (SSSR count). The van der Waals surface area contributed by atoms with Crippen LogP contribution in [-0.2, 0) is 101 Å². The first-order valence-corrected chi connectivity index (χ1v) is 61.3. The Morgan fingerprint density at radius 3 is 0.691 bits per heavy atom. The van der Waals surface area contributed by atoms with Crippen LogP contribution in [0.15, 0.2) is 164 Å². The Morgan fingerprint density at radius 1 is 0.316 bits per heavy atom. The van der Waals surface area contributed by atoms with Gasteiger partial charge in [-0.25, -0.2) is 12.1 Å². The number of aryl methyl sites for hydroxylation is 12. The maximum atomic E-state index is 4.79. The maximum Gasteiger partial charge on any atom is 0 e. The van der Waals surface area contributed by atoms with Crippen molar-refractivity contribution < 1.29 is 76.0 Å². The second-order valence-corrected chi connectivity index (χ2v) is 47.9. The Labute approximate surface area is 890 Å². The summed E-state index contributed by atoms with van der Waals surface area (Å²) in [6.45, 7) is 29.2. The normalized spacial score (nSPS) is 17.7. The third kappa shape index (κ3) is 36.2. The smallest absolute Gasteiger partial charge is 0 e. The molecule has 1 radical (unpaired) electrons. The molecule has 10 aliphatic rings. The molecule has 136 heavy (non-hydrogen) atoms. The van der Waals surface area contributed by atoms with Gasteiger partial charge in [0, 0.05) is 94.0 Å². The monoisotopic (exact) mass is 2320 g/mol. The molecule has 8 aromatic carbocycles. The van der Waals surface area contributed by atoms with Crippen molar-refractivity contribution in [1.29, 1.82) is 0 Å². The molecule has 22 heteroatoms. The standard InChI is InChI=1S/3C19H22N3.C19H21N3.2C18H33P.2CH3.2Ag.4ClH.2Ru.H2.H/c4*1-14-10-15(2)18(16(3)11-14)12-22-13-19(21(4)20-22)17-8-6-5-7-9-17;2*1-4-10-16(11-5-1)19(17-12-6-2-7-13-17)18-14-8-3-9-15-18;;;;;;;;;;;;/h3*5-11,20H,12H2,1-4H3;5-8,10-11,20H,12H2,1-4H3;2*16-18H,1-15H2;2*1H3;;;4*1H;;;1H;/q3*-1;-2;;;2*-1;;+2;;;;;+3;+4;;/p-2. The molecule has 0 unspecified atom stereocenters. The molecule has 8 aromatic rings. The number of rotatable bonds is 18. The summed E-state index contributed by atoms with van der Waals surface area (Å²) >= 11 is 3.46. The van der Waals surface area contributed by atoms with Crippen LogP contribution < -0.4 is 22.1 Å². The summed E-state index contributed by atoms with van der Waals surface area (Å²) in [5, 5.41) is 16.1. The molecule has 0 aromatic heterocycles. The molecule has 0 bridgehead atoms. The fourth-order valence-electron chi connectivity index (χ4n) is 22.6. The third-order valence-corrected chi connectivity index (χ3v) is 37.7. The van der Waals surface area contributed by atoms with Gasteiger partial charge in [0.2, 0.25) is 0 Å². The average Bonchev–Trinajstić information content (AvgIpc) is 1.50. The third-order valence-electron chi connectivity index (χ3n) is 28.6. The van der Waals surface area contributed by atoms with Crippen molar-refractivity contribution in [2.24, 2.45) is 0 Å². The first-order chi connectivity index (χ1) is 64.5. The minimum atomic E-state index is -0.0465. The van der Waals surface area contributed by atoms with Crippen LogP contribution in [-0.4, -0.2) is 102 Å². The van der Waals surface area contributed by atoms with Gasteiger partial charge in [0.05, 0.1) is 34.0 Å². The fraction of sp³-hybridized carbons (Fsp3) is 0.491. The van der Waals surface area contributed by atoms with Gasteiger partial charge in [-0.15, -0.1) is 77.8 Å². The van der Waals surface area contributed by atoms with Gasteiger partial charge in [0.25, 0.3) is 0 Å². The van der Waals surface area contributed by atoms with Crippen molar-refractivity contribution in [3.63, 3.8) is 0 Å². The first kappa shape index (κ1) is 119. The van der Waals surface area contributed by atoms with E-state index in [1.54, 1.807) is 210 Å². The molecule has 6 fully saturated rings. The van der Waals surface area contributed by atoms with E-state index in [0.717, 1.165) is 71.2 Å². The van der Waals surface area contributed by atoms with E-state index < -0.39 is 0 Å². The molecule has 0 spiro atoms. The SMILES string of the molecule is C1CCC([PH+](C2CCCCC2)C2CCCCC2)CC1.C1CCC([PH+](C2CCCCC2)C2CCCCC2)CC1.Cc1cc(C)c(CN2[C-]=C(c3[c-]cccc3)N(C)N2)c(C)c1.Cc1cc(C)c(CN2[C-]=C(c3ccccc3)N(C)N2)c(C)c1.Cc1cc(C)c(CN2[C-]=C(c3ccccc3)N(C)N2)c(C)c1.Cc1cc(C)c(CN2[C-]=C(c3ccccc3)N(C)N2)c(C)c1.[Ag].[CH3-].[CH3-].[Cl][Ag][Cl].[Cl][Ru+3].[Cl][RuH+2].[HH]. The molecule has 4 aliphatic heterocycles. The Kier molecular flexibility index (Phi) is 55.0. The molecule has 0 amide bonds. The predicted molar refractivity (Wildman–Crippen MR) is 577 cm³/mol. The summed E-state index contributed by atoms with van der Waals surface area (Å²) in [5.74, 6) is 0. The maximum absolute atomic E-state index is 4.79. The number of hydrogen-bond donors (Lipinski definition) is 4. The summed E-state index contributed by atoms with van der Waals surface area (Å²) < 4.78 is 0. The molecule has 6 aliphatic carbocycles. The van der Waals surface area contributed by atoms with E-state index in [4.69, 9.17) is 18.4 Å². The summed E-state index contributed by atoms with van der Waals surface area (Å²) in [7, 11) is 26.7. The Bertz CT molecular complexity index is 4190. The van der Waals surface area contributed by atoms with Crippen molar-refractivity contribution in [2.45, 2.75) is 336 Å². The molecule has 4 heterocycles. The molecule has 0 saturated heterocycles. The van der Waals surface area contributed by atoms with Crippen molar-refractivity contribution in [3.05, 3.63) is 321 Å². The molecule has 0 atom stereocenters. The van der Waals surface area contributed by atoms with Gasteiger partial charge < -0.3 is 54.9 Å². The van der Waals surface area contributed by atoms with Crippen molar-refractivity contribution in [3.8, 4) is 0 Å². The number of benzene rings is 8. The zero-order chi connectivity index (χ0) is 95.3. The quantitative estimate of drug-likeness (QED) is 0.0376. The zero-order valence-electron chi connectivity index (χ0n) is 85.0. The number of nitrogens with zero attached hydrogens (tertiary/aromatic N) is 8. The zero-order valence-corrected chi connectivity index (χ0v) is 96.6. The number of hydrogen-bond acceptors (Lipinski definition) is 12. The minimum absolute atomic E-state index is 0. The van der Waals surface area contributed by atoms with Gasteiger partial charge in [0.1, 0.15) is 0 Å². The fourth-order valence-corrected chi connectivity index (χ4v) is 33.0. The summed E-state index contributed by atoms with van der Waals surface area (Å²) in [5.41, 5.74) is 50.7. The Hall–Kier alpha value is -4.29. The second-order valence-electron chi connectivity index (χ2n) is 38.8. The molecular formula is C114H164Ag2Cl4N12P2Ru2. The molecule has 4 N–H and O–H groups in total. The van der Waals surface area contributed by atoms with Gasteiger partial charge >= 0.3 is 90.0 Å². The van der Waals surface area contributed by atoms with Crippen LogP contribution in [0.5, 0.6) is 0 Å². The van der Waals surface area contributed by atoms with Gasteiger partial charge in [-0.3, -0.25) is 5.56 Å². The van der Waals surface area contributed by atoms with E-state index in [9.17, 15) is 0 Å². The van der Waals surface area contributed by atoms with Crippen LogP contribution in [0.2, 0.25) is 0 Å². The number of halogens is 4. The molecule has 6 saturated carbocycles. The predicted octanol–water partition coefficient (Wildman–Crippen LogP) is 30.1. The van der Waals surface area contributed by atoms with Gasteiger partial charge in [-0.2, -0.15) is 46.2 Å². The topological polar surface area (TPSA) is 74.0 Å². The van der Waals surface area contributed by atoms with Crippen LogP contribution in [0.3, 0.4) is 0 Å². The first-order valence-electron chi connectivity index (χ1n) is 49.4. The van der Waals surface area contributed by atoms with Gasteiger partial charge in [-0.05, 0) is 304 Å². The van der Waals surface area contributed by atoms with Gasteiger partial charge in [-0.1, -0.05) is 181 Å². The van der Waals surface area contributed by atoms with E-state index >= 15 is 0 Å². The van der Waals surface area contributed by atoms with Crippen LogP contribution in [0.1, 0.15) is 305 Å². The summed E-state index contributed by atoms with van der Waals surface area (Å²) in [4.78, 5) is 0. The number of hydrazine groups is 8. The van der Waals surface area contributed by atoms with E-state index in [-0.39, 0.29) is 72.1 Å². The molecule has 12 nitrogen and oxygen atoms in total. The molecule has 756 valence electrons. The second kappa shape index (κ2) is 63.1. The van der Waals surface area contributed by atoms with Crippen LogP contribution >= 0.6 is 53.6 Å². The van der Waals surface area contributed by atoms with Crippen LogP contribution in [0.4, 0.5) is 0 Å². The van der Waals surface area contributed by atoms with Crippen molar-refractivity contribution in [1.82, 2.24) is 62.2 Å². The summed E-state index contributed by atoms with van der Waals surface area (Å²) in [6, 6.07) is 60.1.